The number of esters is 1. The number of carbonyl (C=O) groups is 1. The summed E-state index contributed by atoms with van der Waals surface area (Å²) >= 11 is 2.95. The molecular weight excluding hydrogens is 297 g/mol. The van der Waals surface area contributed by atoms with Crippen molar-refractivity contribution in [1.82, 2.24) is 0 Å². The van der Waals surface area contributed by atoms with Crippen LogP contribution < -0.4 is 0 Å². The summed E-state index contributed by atoms with van der Waals surface area (Å²) in [6.45, 7) is 1.84. The number of nitrogens with zero attached hydrogens (tertiary/aromatic N) is 1. The molecule has 0 saturated heterocycles. The fourth-order valence-electron chi connectivity index (χ4n) is 1.22. The molecule has 1 rings (SSSR count). The molecule has 1 aromatic rings. The highest BCUT2D eigenvalue weighted by atomic mass is 79.9. The van der Waals surface area contributed by atoms with E-state index in [9.17, 15) is 19.3 Å². The van der Waals surface area contributed by atoms with Crippen molar-refractivity contribution in [3.63, 3.8) is 0 Å². The Kier molecular flexibility index (Phi) is 4.56. The number of nitro benzene ring substituents is 1. The molecule has 0 radical (unpaired) electrons. The van der Waals surface area contributed by atoms with Crippen molar-refractivity contribution in [2.45, 2.75) is 13.3 Å². The molecule has 1 aromatic carbocycles. The molecule has 0 aliphatic carbocycles. The third-order valence-electron chi connectivity index (χ3n) is 1.95. The fraction of sp³-hybridized carbons (Fsp3) is 0.300. The van der Waals surface area contributed by atoms with Crippen LogP contribution in [-0.4, -0.2) is 17.5 Å². The molecule has 7 heteroatoms. The Hall–Kier alpha value is -1.50. The van der Waals surface area contributed by atoms with Crippen molar-refractivity contribution < 1.29 is 18.8 Å². The summed E-state index contributed by atoms with van der Waals surface area (Å²) in [6.07, 6.45) is -0.254. The van der Waals surface area contributed by atoms with Gasteiger partial charge in [0, 0.05) is 5.56 Å². The summed E-state index contributed by atoms with van der Waals surface area (Å²) in [5.74, 6) is -1.37. The Morgan fingerprint density at radius 1 is 1.59 bits per heavy atom. The number of hydrogen-bond donors (Lipinski definition) is 0. The van der Waals surface area contributed by atoms with E-state index in [-0.39, 0.29) is 28.8 Å². The molecule has 0 N–H and O–H groups in total. The van der Waals surface area contributed by atoms with E-state index in [1.54, 1.807) is 6.92 Å². The van der Waals surface area contributed by atoms with Gasteiger partial charge in [-0.15, -0.1) is 0 Å². The fourth-order valence-corrected chi connectivity index (χ4v) is 1.76. The zero-order valence-electron chi connectivity index (χ0n) is 8.91. The van der Waals surface area contributed by atoms with Gasteiger partial charge in [-0.3, -0.25) is 14.9 Å². The molecule has 0 saturated carbocycles. The van der Waals surface area contributed by atoms with Gasteiger partial charge in [0.2, 0.25) is 0 Å². The quantitative estimate of drug-likeness (QED) is 0.487. The summed E-state index contributed by atoms with van der Waals surface area (Å²) < 4.78 is 18.2. The summed E-state index contributed by atoms with van der Waals surface area (Å²) in [5, 5.41) is 10.5. The number of rotatable bonds is 4. The van der Waals surface area contributed by atoms with E-state index in [0.717, 1.165) is 6.07 Å². The third kappa shape index (κ3) is 3.48. The van der Waals surface area contributed by atoms with Crippen LogP contribution in [0.2, 0.25) is 0 Å². The van der Waals surface area contributed by atoms with E-state index < -0.39 is 16.7 Å². The maximum atomic E-state index is 13.5. The van der Waals surface area contributed by atoms with Crippen molar-refractivity contribution in [3.8, 4) is 0 Å². The standard InChI is InChI=1S/C10H9BrFNO4/c1-2-17-10(14)4-6-3-7(11)9(13(15)16)5-8(6)12/h3,5H,2,4H2,1H3. The van der Waals surface area contributed by atoms with Gasteiger partial charge in [0.05, 0.1) is 28.5 Å². The van der Waals surface area contributed by atoms with Crippen molar-refractivity contribution >= 4 is 27.6 Å². The van der Waals surface area contributed by atoms with Gasteiger partial charge in [0.15, 0.2) is 0 Å². The Bertz CT molecular complexity index is 464. The van der Waals surface area contributed by atoms with Gasteiger partial charge in [-0.05, 0) is 28.9 Å². The zero-order chi connectivity index (χ0) is 13.0. The second kappa shape index (κ2) is 5.72. The van der Waals surface area contributed by atoms with Crippen molar-refractivity contribution in [1.29, 1.82) is 0 Å². The SMILES string of the molecule is CCOC(=O)Cc1cc(Br)c([N+](=O)[O-])cc1F. The second-order valence-electron chi connectivity index (χ2n) is 3.13. The van der Waals surface area contributed by atoms with Gasteiger partial charge < -0.3 is 4.74 Å². The number of benzene rings is 1. The summed E-state index contributed by atoms with van der Waals surface area (Å²) in [4.78, 5) is 21.0. The minimum Gasteiger partial charge on any atom is -0.466 e. The average Bonchev–Trinajstić information content (AvgIpc) is 2.22. The van der Waals surface area contributed by atoms with Crippen LogP contribution in [0.5, 0.6) is 0 Å². The monoisotopic (exact) mass is 305 g/mol. The molecule has 0 aromatic heterocycles. The van der Waals surface area contributed by atoms with Crippen LogP contribution in [0.15, 0.2) is 16.6 Å². The summed E-state index contributed by atoms with van der Waals surface area (Å²) in [6, 6.07) is 1.99. The van der Waals surface area contributed by atoms with Gasteiger partial charge in [-0.25, -0.2) is 4.39 Å². The van der Waals surface area contributed by atoms with Gasteiger partial charge in [0.1, 0.15) is 5.82 Å². The van der Waals surface area contributed by atoms with Gasteiger partial charge in [-0.1, -0.05) is 0 Å². The molecule has 0 heterocycles. The predicted octanol–water partition coefficient (Wildman–Crippen LogP) is 2.60. The number of halogens is 2. The number of carbonyl (C=O) groups excluding carboxylic acids is 1. The van der Waals surface area contributed by atoms with E-state index in [0.29, 0.717) is 0 Å². The lowest BCUT2D eigenvalue weighted by Gasteiger charge is -2.04. The van der Waals surface area contributed by atoms with Crippen LogP contribution >= 0.6 is 15.9 Å². The average molecular weight is 306 g/mol. The van der Waals surface area contributed by atoms with Crippen LogP contribution in [0.1, 0.15) is 12.5 Å². The molecule has 0 fully saturated rings. The minimum absolute atomic E-state index is 0.0564. The van der Waals surface area contributed by atoms with Crippen molar-refractivity contribution in [2.75, 3.05) is 6.61 Å². The van der Waals surface area contributed by atoms with E-state index in [1.165, 1.54) is 6.07 Å². The first-order valence-electron chi connectivity index (χ1n) is 4.73. The summed E-state index contributed by atoms with van der Waals surface area (Å²) in [7, 11) is 0. The third-order valence-corrected chi connectivity index (χ3v) is 2.59. The lowest BCUT2D eigenvalue weighted by Crippen LogP contribution is -2.09. The van der Waals surface area contributed by atoms with Crippen molar-refractivity contribution in [2.24, 2.45) is 0 Å². The topological polar surface area (TPSA) is 69.4 Å². The Morgan fingerprint density at radius 2 is 2.24 bits per heavy atom. The molecule has 0 spiro atoms. The van der Waals surface area contributed by atoms with Crippen LogP contribution in [0.25, 0.3) is 0 Å². The van der Waals surface area contributed by atoms with Crippen LogP contribution in [0, 0.1) is 15.9 Å². The highest BCUT2D eigenvalue weighted by molar-refractivity contribution is 9.10. The lowest BCUT2D eigenvalue weighted by molar-refractivity contribution is -0.385. The van der Waals surface area contributed by atoms with Gasteiger partial charge in [-0.2, -0.15) is 0 Å². The summed E-state index contributed by atoms with van der Waals surface area (Å²) in [5.41, 5.74) is -0.323. The molecule has 0 atom stereocenters. The van der Waals surface area contributed by atoms with Crippen LogP contribution in [0.4, 0.5) is 10.1 Å². The van der Waals surface area contributed by atoms with Crippen LogP contribution in [-0.2, 0) is 16.0 Å². The molecule has 0 bridgehead atoms. The van der Waals surface area contributed by atoms with Gasteiger partial charge in [0.25, 0.3) is 5.69 Å². The Morgan fingerprint density at radius 3 is 2.76 bits per heavy atom. The molecule has 92 valence electrons. The Balaban J connectivity index is 2.99. The molecule has 17 heavy (non-hydrogen) atoms. The molecular formula is C10H9BrFNO4. The molecule has 0 aliphatic rings. The Labute approximate surface area is 105 Å². The first-order valence-corrected chi connectivity index (χ1v) is 5.53. The highest BCUT2D eigenvalue weighted by Gasteiger charge is 2.18. The number of nitro groups is 1. The number of hydrogen-bond acceptors (Lipinski definition) is 4. The minimum atomic E-state index is -0.798. The first kappa shape index (κ1) is 13.6. The second-order valence-corrected chi connectivity index (χ2v) is 3.99. The molecule has 0 unspecified atom stereocenters. The molecule has 5 nitrogen and oxygen atoms in total. The maximum absolute atomic E-state index is 13.5. The normalized spacial score (nSPS) is 10.1. The van der Waals surface area contributed by atoms with E-state index in [2.05, 4.69) is 20.7 Å². The smallest absolute Gasteiger partial charge is 0.310 e. The zero-order valence-corrected chi connectivity index (χ0v) is 10.5. The lowest BCUT2D eigenvalue weighted by atomic mass is 10.1. The van der Waals surface area contributed by atoms with Crippen molar-refractivity contribution in [3.05, 3.63) is 38.1 Å². The van der Waals surface area contributed by atoms with E-state index >= 15 is 0 Å². The van der Waals surface area contributed by atoms with Crippen LogP contribution in [0.3, 0.4) is 0 Å². The highest BCUT2D eigenvalue weighted by Crippen LogP contribution is 2.28. The molecule has 0 aliphatic heterocycles. The first-order chi connectivity index (χ1) is 7.95. The van der Waals surface area contributed by atoms with E-state index in [1.807, 2.05) is 0 Å². The van der Waals surface area contributed by atoms with E-state index in [4.69, 9.17) is 0 Å². The predicted molar refractivity (Wildman–Crippen MR) is 61.1 cm³/mol. The maximum Gasteiger partial charge on any atom is 0.310 e. The largest absolute Gasteiger partial charge is 0.466 e. The number of ether oxygens (including phenoxy) is 1. The van der Waals surface area contributed by atoms with Gasteiger partial charge >= 0.3 is 5.97 Å². The molecule has 0 amide bonds.